The van der Waals surface area contributed by atoms with Crippen molar-refractivity contribution in [2.75, 3.05) is 0 Å². The fourth-order valence-electron chi connectivity index (χ4n) is 3.24. The summed E-state index contributed by atoms with van der Waals surface area (Å²) in [7, 11) is 0. The third kappa shape index (κ3) is 2.60. The Morgan fingerprint density at radius 2 is 1.95 bits per heavy atom. The number of para-hydroxylation sites is 1. The van der Waals surface area contributed by atoms with E-state index in [2.05, 4.69) is 64.2 Å². The number of benzene rings is 1. The van der Waals surface area contributed by atoms with Crippen molar-refractivity contribution in [1.82, 2.24) is 5.32 Å². The summed E-state index contributed by atoms with van der Waals surface area (Å²) in [5.41, 5.74) is 2.44. The van der Waals surface area contributed by atoms with Crippen LogP contribution in [-0.4, -0.2) is 5.60 Å². The first-order valence-corrected chi connectivity index (χ1v) is 8.31. The highest BCUT2D eigenvalue weighted by Gasteiger charge is 2.41. The Labute approximate surface area is 131 Å². The van der Waals surface area contributed by atoms with Crippen LogP contribution in [0.4, 0.5) is 0 Å². The van der Waals surface area contributed by atoms with Gasteiger partial charge in [0.05, 0.1) is 6.04 Å². The van der Waals surface area contributed by atoms with Gasteiger partial charge in [-0.25, -0.2) is 0 Å². The molecule has 2 atom stereocenters. The fraction of sp³-hybridized carbons (Fsp3) is 0.444. The van der Waals surface area contributed by atoms with Crippen molar-refractivity contribution in [2.45, 2.75) is 52.3 Å². The maximum atomic E-state index is 6.12. The molecule has 0 amide bonds. The minimum atomic E-state index is -0.225. The van der Waals surface area contributed by atoms with Crippen LogP contribution in [0.1, 0.15) is 53.7 Å². The Bertz CT molecular complexity index is 659. The number of rotatable bonds is 3. The van der Waals surface area contributed by atoms with Gasteiger partial charge in [0, 0.05) is 21.4 Å². The van der Waals surface area contributed by atoms with Gasteiger partial charge in [-0.3, -0.25) is 5.32 Å². The van der Waals surface area contributed by atoms with E-state index in [1.807, 2.05) is 17.4 Å². The van der Waals surface area contributed by atoms with Gasteiger partial charge in [-0.1, -0.05) is 18.2 Å². The molecule has 0 saturated carbocycles. The summed E-state index contributed by atoms with van der Waals surface area (Å²) >= 11 is 1.87. The molecule has 2 nitrogen and oxygen atoms in total. The van der Waals surface area contributed by atoms with Crippen molar-refractivity contribution < 1.29 is 4.74 Å². The Morgan fingerprint density at radius 1 is 1.24 bits per heavy atom. The van der Waals surface area contributed by atoms with Gasteiger partial charge in [0.15, 0.2) is 0 Å². The zero-order valence-corrected chi connectivity index (χ0v) is 14.2. The predicted octanol–water partition coefficient (Wildman–Crippen LogP) is 4.93. The van der Waals surface area contributed by atoms with E-state index in [1.54, 1.807) is 0 Å². The molecule has 0 aliphatic carbocycles. The molecule has 1 aliphatic heterocycles. The van der Waals surface area contributed by atoms with Crippen LogP contribution in [0.15, 0.2) is 30.3 Å². The van der Waals surface area contributed by atoms with E-state index in [4.69, 9.17) is 4.74 Å². The Morgan fingerprint density at radius 3 is 2.62 bits per heavy atom. The van der Waals surface area contributed by atoms with Crippen LogP contribution < -0.4 is 10.1 Å². The lowest BCUT2D eigenvalue weighted by atomic mass is 9.93. The highest BCUT2D eigenvalue weighted by atomic mass is 32.1. The smallest absolute Gasteiger partial charge is 0.125 e. The van der Waals surface area contributed by atoms with Gasteiger partial charge in [-0.05, 0) is 52.3 Å². The largest absolute Gasteiger partial charge is 0.486 e. The molecule has 3 rings (SSSR count). The molecule has 112 valence electrons. The quantitative estimate of drug-likeness (QED) is 0.868. The molecule has 0 saturated heterocycles. The van der Waals surface area contributed by atoms with Crippen LogP contribution in [0.5, 0.6) is 5.75 Å². The molecule has 2 aromatic rings. The van der Waals surface area contributed by atoms with Crippen molar-refractivity contribution >= 4 is 11.3 Å². The molecule has 0 spiro atoms. The summed E-state index contributed by atoms with van der Waals surface area (Å²) in [4.78, 5) is 2.77. The normalized spacial score (nSPS) is 20.9. The number of aryl methyl sites for hydroxylation is 2. The molecular weight excluding hydrogens is 278 g/mol. The van der Waals surface area contributed by atoms with E-state index in [0.29, 0.717) is 6.04 Å². The third-order valence-corrected chi connectivity index (χ3v) is 5.24. The minimum absolute atomic E-state index is 0.211. The molecule has 0 fully saturated rings. The summed E-state index contributed by atoms with van der Waals surface area (Å²) < 4.78 is 6.12. The standard InChI is InChI=1S/C18H23NOS/c1-11-10-15(13(3)21-11)12(2)19-17-14-8-6-7-9-16(14)20-18(17,4)5/h6-10,12,17,19H,1-5H3. The molecule has 21 heavy (non-hydrogen) atoms. The molecule has 1 N–H and O–H groups in total. The Hall–Kier alpha value is -1.32. The highest BCUT2D eigenvalue weighted by molar-refractivity contribution is 7.12. The SMILES string of the molecule is Cc1cc(C(C)NC2c3ccccc3OC2(C)C)c(C)s1. The second kappa shape index (κ2) is 5.15. The zero-order chi connectivity index (χ0) is 15.2. The maximum absolute atomic E-state index is 6.12. The molecule has 2 unspecified atom stereocenters. The van der Waals surface area contributed by atoms with Gasteiger partial charge in [0.1, 0.15) is 11.4 Å². The molecule has 1 aliphatic rings. The number of hydrogen-bond donors (Lipinski definition) is 1. The molecule has 3 heteroatoms. The first-order valence-electron chi connectivity index (χ1n) is 7.49. The summed E-state index contributed by atoms with van der Waals surface area (Å²) in [5, 5.41) is 3.78. The maximum Gasteiger partial charge on any atom is 0.125 e. The van der Waals surface area contributed by atoms with Crippen molar-refractivity contribution in [1.29, 1.82) is 0 Å². The summed E-state index contributed by atoms with van der Waals surface area (Å²) in [5.74, 6) is 1.01. The summed E-state index contributed by atoms with van der Waals surface area (Å²) in [6.07, 6.45) is 0. The van der Waals surface area contributed by atoms with E-state index in [0.717, 1.165) is 5.75 Å². The van der Waals surface area contributed by atoms with E-state index >= 15 is 0 Å². The summed E-state index contributed by atoms with van der Waals surface area (Å²) in [6.45, 7) is 10.9. The topological polar surface area (TPSA) is 21.3 Å². The first kappa shape index (κ1) is 14.6. The predicted molar refractivity (Wildman–Crippen MR) is 89.2 cm³/mol. The van der Waals surface area contributed by atoms with Crippen molar-refractivity contribution in [3.8, 4) is 5.75 Å². The third-order valence-electron chi connectivity index (χ3n) is 4.26. The van der Waals surface area contributed by atoms with Crippen LogP contribution in [0.2, 0.25) is 0 Å². The Kier molecular flexibility index (Phi) is 3.58. The van der Waals surface area contributed by atoms with E-state index in [9.17, 15) is 0 Å². The van der Waals surface area contributed by atoms with Gasteiger partial charge in [-0.15, -0.1) is 11.3 Å². The Balaban J connectivity index is 1.88. The molecule has 2 heterocycles. The van der Waals surface area contributed by atoms with Gasteiger partial charge in [0.2, 0.25) is 0 Å². The molecule has 0 radical (unpaired) electrons. The van der Waals surface area contributed by atoms with Crippen molar-refractivity contribution in [2.24, 2.45) is 0 Å². The monoisotopic (exact) mass is 301 g/mol. The number of ether oxygens (including phenoxy) is 1. The van der Waals surface area contributed by atoms with E-state index in [-0.39, 0.29) is 11.6 Å². The number of nitrogens with one attached hydrogen (secondary N) is 1. The highest BCUT2D eigenvalue weighted by Crippen LogP contribution is 2.44. The van der Waals surface area contributed by atoms with Crippen LogP contribution in [0, 0.1) is 13.8 Å². The fourth-order valence-corrected chi connectivity index (χ4v) is 4.26. The van der Waals surface area contributed by atoms with Crippen molar-refractivity contribution in [3.05, 3.63) is 51.2 Å². The first-order chi connectivity index (χ1) is 9.88. The average Bonchev–Trinajstić information content (AvgIpc) is 2.87. The zero-order valence-electron chi connectivity index (χ0n) is 13.4. The van der Waals surface area contributed by atoms with Gasteiger partial charge in [0.25, 0.3) is 0 Å². The second-order valence-electron chi connectivity index (χ2n) is 6.43. The van der Waals surface area contributed by atoms with Crippen LogP contribution in [0.3, 0.4) is 0 Å². The van der Waals surface area contributed by atoms with E-state index in [1.165, 1.54) is 20.9 Å². The van der Waals surface area contributed by atoms with Crippen molar-refractivity contribution in [3.63, 3.8) is 0 Å². The lowest BCUT2D eigenvalue weighted by Crippen LogP contribution is -2.40. The minimum Gasteiger partial charge on any atom is -0.486 e. The van der Waals surface area contributed by atoms with Crippen LogP contribution >= 0.6 is 11.3 Å². The van der Waals surface area contributed by atoms with Gasteiger partial charge < -0.3 is 4.74 Å². The molecule has 0 bridgehead atoms. The average molecular weight is 301 g/mol. The number of hydrogen-bond acceptors (Lipinski definition) is 3. The number of fused-ring (bicyclic) bond motifs is 1. The van der Waals surface area contributed by atoms with Gasteiger partial charge in [-0.2, -0.15) is 0 Å². The lowest BCUT2D eigenvalue weighted by Gasteiger charge is -2.30. The second-order valence-corrected chi connectivity index (χ2v) is 7.89. The molecule has 1 aromatic heterocycles. The number of thiophene rings is 1. The lowest BCUT2D eigenvalue weighted by molar-refractivity contribution is 0.0919. The van der Waals surface area contributed by atoms with Crippen LogP contribution in [0.25, 0.3) is 0 Å². The summed E-state index contributed by atoms with van der Waals surface area (Å²) in [6, 6.07) is 11.2. The molecule has 1 aromatic carbocycles. The molecular formula is C18H23NOS. The van der Waals surface area contributed by atoms with Crippen LogP contribution in [-0.2, 0) is 0 Å². The van der Waals surface area contributed by atoms with E-state index < -0.39 is 0 Å². The van der Waals surface area contributed by atoms with Gasteiger partial charge >= 0.3 is 0 Å².